The maximum atomic E-state index is 6.24. The number of anilines is 1. The lowest BCUT2D eigenvalue weighted by Gasteiger charge is -2.15. The fraction of sp³-hybridized carbons (Fsp3) is 0.400. The Balaban J connectivity index is 2.08. The molecule has 5 N–H and O–H groups in total. The van der Waals surface area contributed by atoms with Gasteiger partial charge in [-0.25, -0.2) is 4.98 Å². The highest BCUT2D eigenvalue weighted by Crippen LogP contribution is 2.31. The van der Waals surface area contributed by atoms with Crippen molar-refractivity contribution in [1.82, 2.24) is 24.8 Å². The number of nitrogens with two attached hydrogens (primary N) is 2. The Morgan fingerprint density at radius 1 is 1.39 bits per heavy atom. The fourth-order valence-corrected chi connectivity index (χ4v) is 3.16. The van der Waals surface area contributed by atoms with Crippen LogP contribution in [0.5, 0.6) is 0 Å². The zero-order chi connectivity index (χ0) is 16.4. The van der Waals surface area contributed by atoms with Gasteiger partial charge in [-0.3, -0.25) is 5.10 Å². The van der Waals surface area contributed by atoms with E-state index in [1.54, 1.807) is 16.9 Å². The van der Waals surface area contributed by atoms with Crippen molar-refractivity contribution in [3.05, 3.63) is 28.8 Å². The number of aromatic nitrogens is 5. The van der Waals surface area contributed by atoms with Crippen molar-refractivity contribution in [1.29, 1.82) is 0 Å². The van der Waals surface area contributed by atoms with Gasteiger partial charge in [0, 0.05) is 17.3 Å². The molecule has 23 heavy (non-hydrogen) atoms. The summed E-state index contributed by atoms with van der Waals surface area (Å²) in [6.45, 7) is 2.85. The summed E-state index contributed by atoms with van der Waals surface area (Å²) in [5.74, 6) is 1.05. The van der Waals surface area contributed by atoms with Crippen molar-refractivity contribution >= 4 is 27.4 Å². The fourth-order valence-electron chi connectivity index (χ4n) is 2.74. The summed E-state index contributed by atoms with van der Waals surface area (Å²) >= 11 is 3.57. The van der Waals surface area contributed by atoms with E-state index < -0.39 is 0 Å². The highest BCUT2D eigenvalue weighted by molar-refractivity contribution is 9.10. The average Bonchev–Trinajstić information content (AvgIpc) is 3.20. The quantitative estimate of drug-likeness (QED) is 0.610. The molecule has 1 unspecified atom stereocenters. The van der Waals surface area contributed by atoms with Gasteiger partial charge in [0.1, 0.15) is 5.82 Å². The van der Waals surface area contributed by atoms with E-state index in [0.29, 0.717) is 18.3 Å². The van der Waals surface area contributed by atoms with Crippen molar-refractivity contribution in [3.8, 4) is 11.1 Å². The summed E-state index contributed by atoms with van der Waals surface area (Å²) < 4.78 is 2.46. The number of fused-ring (bicyclic) bond motifs is 1. The Hall–Kier alpha value is -1.93. The first-order valence-electron chi connectivity index (χ1n) is 7.66. The first kappa shape index (κ1) is 15.9. The van der Waals surface area contributed by atoms with Crippen molar-refractivity contribution in [2.75, 3.05) is 12.3 Å². The first-order valence-corrected chi connectivity index (χ1v) is 8.45. The van der Waals surface area contributed by atoms with Crippen LogP contribution in [0.2, 0.25) is 0 Å². The zero-order valence-corrected chi connectivity index (χ0v) is 14.5. The molecule has 3 aromatic rings. The van der Waals surface area contributed by atoms with Crippen LogP contribution in [0.1, 0.15) is 25.5 Å². The molecule has 0 saturated heterocycles. The van der Waals surface area contributed by atoms with Gasteiger partial charge in [-0.05, 0) is 41.2 Å². The van der Waals surface area contributed by atoms with Crippen LogP contribution in [0.3, 0.4) is 0 Å². The first-order chi connectivity index (χ1) is 11.2. The second-order valence-corrected chi connectivity index (χ2v) is 6.39. The molecule has 7 nitrogen and oxygen atoms in total. The van der Waals surface area contributed by atoms with E-state index in [1.165, 1.54) is 0 Å². The molecule has 3 rings (SSSR count). The van der Waals surface area contributed by atoms with Crippen LogP contribution in [0.4, 0.5) is 5.82 Å². The molecule has 0 aliphatic heterocycles. The minimum atomic E-state index is 0.492. The van der Waals surface area contributed by atoms with Crippen LogP contribution >= 0.6 is 15.9 Å². The van der Waals surface area contributed by atoms with Crippen LogP contribution in [0.25, 0.3) is 16.8 Å². The summed E-state index contributed by atoms with van der Waals surface area (Å²) in [5, 5.41) is 11.2. The molecule has 0 aromatic carbocycles. The van der Waals surface area contributed by atoms with Crippen LogP contribution in [0.15, 0.2) is 23.1 Å². The van der Waals surface area contributed by atoms with Crippen LogP contribution in [0, 0.1) is 5.92 Å². The number of nitrogens with one attached hydrogen (secondary N) is 1. The second kappa shape index (κ2) is 6.67. The van der Waals surface area contributed by atoms with E-state index in [1.807, 2.05) is 6.20 Å². The van der Waals surface area contributed by atoms with Crippen molar-refractivity contribution < 1.29 is 0 Å². The molecule has 0 spiro atoms. The van der Waals surface area contributed by atoms with E-state index in [0.717, 1.165) is 46.2 Å². The summed E-state index contributed by atoms with van der Waals surface area (Å²) in [7, 11) is 0. The predicted molar refractivity (Wildman–Crippen MR) is 93.8 cm³/mol. The lowest BCUT2D eigenvalue weighted by molar-refractivity contribution is 0.469. The zero-order valence-electron chi connectivity index (χ0n) is 13.0. The Labute approximate surface area is 142 Å². The largest absolute Gasteiger partial charge is 0.383 e. The van der Waals surface area contributed by atoms with Gasteiger partial charge < -0.3 is 11.5 Å². The van der Waals surface area contributed by atoms with E-state index in [9.17, 15) is 0 Å². The predicted octanol–water partition coefficient (Wildman–Crippen LogP) is 2.38. The van der Waals surface area contributed by atoms with Crippen molar-refractivity contribution in [2.45, 2.75) is 26.2 Å². The Kier molecular flexibility index (Phi) is 4.63. The van der Waals surface area contributed by atoms with Crippen LogP contribution in [-0.4, -0.2) is 31.3 Å². The summed E-state index contributed by atoms with van der Waals surface area (Å²) in [6, 6.07) is 0. The standard InChI is InChI=1S/C15H20BrN7/c1-2-9(3-4-17)5-12-13(16)14(18)23-15(22-12)11(8-21-23)10-6-19-20-7-10/h6-9H,2-5,17-18H2,1H3,(H,19,20). The average molecular weight is 378 g/mol. The van der Waals surface area contributed by atoms with Crippen molar-refractivity contribution in [2.24, 2.45) is 11.7 Å². The number of nitrogens with zero attached hydrogens (tertiary/aromatic N) is 4. The second-order valence-electron chi connectivity index (χ2n) is 5.59. The van der Waals surface area contributed by atoms with Gasteiger partial charge in [0.05, 0.1) is 22.6 Å². The van der Waals surface area contributed by atoms with Gasteiger partial charge in [-0.2, -0.15) is 14.7 Å². The minimum Gasteiger partial charge on any atom is -0.383 e. The molecule has 0 aliphatic carbocycles. The van der Waals surface area contributed by atoms with E-state index >= 15 is 0 Å². The van der Waals surface area contributed by atoms with Crippen molar-refractivity contribution in [3.63, 3.8) is 0 Å². The van der Waals surface area contributed by atoms with Crippen LogP contribution in [-0.2, 0) is 6.42 Å². The van der Waals surface area contributed by atoms with Gasteiger partial charge >= 0.3 is 0 Å². The topological polar surface area (TPSA) is 111 Å². The lowest BCUT2D eigenvalue weighted by atomic mass is 9.96. The maximum Gasteiger partial charge on any atom is 0.165 e. The third-order valence-corrected chi connectivity index (χ3v) is 5.00. The number of nitrogen functional groups attached to an aromatic ring is 1. The van der Waals surface area contributed by atoms with Gasteiger partial charge in [-0.15, -0.1) is 0 Å². The molecule has 0 bridgehead atoms. The van der Waals surface area contributed by atoms with E-state index in [-0.39, 0.29) is 0 Å². The number of halogens is 1. The van der Waals surface area contributed by atoms with E-state index in [4.69, 9.17) is 16.5 Å². The smallest absolute Gasteiger partial charge is 0.165 e. The van der Waals surface area contributed by atoms with Crippen LogP contribution < -0.4 is 11.5 Å². The van der Waals surface area contributed by atoms with Gasteiger partial charge in [0.25, 0.3) is 0 Å². The number of H-pyrrole nitrogens is 1. The molecule has 122 valence electrons. The monoisotopic (exact) mass is 377 g/mol. The number of hydrogen-bond donors (Lipinski definition) is 3. The van der Waals surface area contributed by atoms with Gasteiger partial charge in [0.15, 0.2) is 5.65 Å². The molecule has 8 heteroatoms. The molecule has 0 saturated carbocycles. The summed E-state index contributed by atoms with van der Waals surface area (Å²) in [4.78, 5) is 4.81. The molecule has 0 amide bonds. The third-order valence-electron chi connectivity index (χ3n) is 4.13. The molecule has 1 atom stereocenters. The van der Waals surface area contributed by atoms with E-state index in [2.05, 4.69) is 38.1 Å². The number of aromatic amines is 1. The molecule has 3 heterocycles. The SMILES string of the molecule is CCC(CCN)Cc1nc2c(-c3cn[nH]c3)cnn2c(N)c1Br. The Bertz CT molecular complexity index is 794. The number of rotatable bonds is 6. The summed E-state index contributed by atoms with van der Waals surface area (Å²) in [5.41, 5.74) is 15.5. The molecule has 0 fully saturated rings. The Morgan fingerprint density at radius 3 is 2.87 bits per heavy atom. The molecule has 0 aliphatic rings. The van der Waals surface area contributed by atoms with Gasteiger partial charge in [0.2, 0.25) is 0 Å². The minimum absolute atomic E-state index is 0.492. The number of hydrogen-bond acceptors (Lipinski definition) is 5. The molecule has 0 radical (unpaired) electrons. The molecular formula is C15H20BrN7. The third kappa shape index (κ3) is 2.96. The lowest BCUT2D eigenvalue weighted by Crippen LogP contribution is -2.13. The molecular weight excluding hydrogens is 358 g/mol. The summed E-state index contributed by atoms with van der Waals surface area (Å²) in [6.07, 6.45) is 8.20. The maximum absolute atomic E-state index is 6.24. The normalized spacial score (nSPS) is 12.8. The molecule has 3 aromatic heterocycles. The highest BCUT2D eigenvalue weighted by atomic mass is 79.9. The highest BCUT2D eigenvalue weighted by Gasteiger charge is 2.18. The van der Waals surface area contributed by atoms with Gasteiger partial charge in [-0.1, -0.05) is 13.3 Å². The Morgan fingerprint density at radius 2 is 2.22 bits per heavy atom.